The summed E-state index contributed by atoms with van der Waals surface area (Å²) < 4.78 is 1.34. The van der Waals surface area contributed by atoms with Crippen LogP contribution in [0.4, 0.5) is 0 Å². The van der Waals surface area contributed by atoms with Crippen molar-refractivity contribution in [2.45, 2.75) is 26.3 Å². The summed E-state index contributed by atoms with van der Waals surface area (Å²) in [6, 6.07) is -0.500. The predicted octanol–water partition coefficient (Wildman–Crippen LogP) is 0.668. The number of hydrogen-bond acceptors (Lipinski definition) is 3. The summed E-state index contributed by atoms with van der Waals surface area (Å²) >= 11 is 0. The smallest absolute Gasteiger partial charge is 0.338 e. The quantitative estimate of drug-likeness (QED) is 0.771. The summed E-state index contributed by atoms with van der Waals surface area (Å²) in [4.78, 5) is 22.2. The first kappa shape index (κ1) is 12.2. The molecule has 0 fully saturated rings. The zero-order chi connectivity index (χ0) is 12.1. The van der Waals surface area contributed by atoms with Gasteiger partial charge in [0.25, 0.3) is 0 Å². The van der Waals surface area contributed by atoms with Gasteiger partial charge >= 0.3 is 5.97 Å². The van der Waals surface area contributed by atoms with Crippen LogP contribution in [0.1, 0.15) is 36.7 Å². The Balaban J connectivity index is 2.68. The molecular weight excluding hydrogens is 210 g/mol. The minimum absolute atomic E-state index is 0.0788. The van der Waals surface area contributed by atoms with Crippen molar-refractivity contribution in [3.05, 3.63) is 18.0 Å². The number of nitrogens with zero attached hydrogens (tertiary/aromatic N) is 2. The van der Waals surface area contributed by atoms with Crippen molar-refractivity contribution in [1.82, 2.24) is 15.1 Å². The molecule has 2 N–H and O–H groups in total. The van der Waals surface area contributed by atoms with Gasteiger partial charge in [-0.2, -0.15) is 5.10 Å². The van der Waals surface area contributed by atoms with E-state index in [1.165, 1.54) is 17.1 Å². The lowest BCUT2D eigenvalue weighted by molar-refractivity contribution is -0.124. The molecule has 16 heavy (non-hydrogen) atoms. The highest BCUT2D eigenvalue weighted by Crippen LogP contribution is 2.06. The summed E-state index contributed by atoms with van der Waals surface area (Å²) in [6.07, 6.45) is 3.43. The number of aromatic carboxylic acids is 1. The van der Waals surface area contributed by atoms with E-state index in [1.807, 2.05) is 6.92 Å². The summed E-state index contributed by atoms with van der Waals surface area (Å²) in [6.45, 7) is 4.24. The molecule has 0 aliphatic rings. The number of rotatable bonds is 5. The van der Waals surface area contributed by atoms with E-state index in [0.717, 1.165) is 6.42 Å². The van der Waals surface area contributed by atoms with E-state index in [2.05, 4.69) is 10.4 Å². The first-order chi connectivity index (χ1) is 7.56. The van der Waals surface area contributed by atoms with Gasteiger partial charge in [0.05, 0.1) is 11.8 Å². The van der Waals surface area contributed by atoms with Gasteiger partial charge < -0.3 is 10.4 Å². The monoisotopic (exact) mass is 225 g/mol. The van der Waals surface area contributed by atoms with Gasteiger partial charge in [0, 0.05) is 12.7 Å². The highest BCUT2D eigenvalue weighted by Gasteiger charge is 2.16. The maximum absolute atomic E-state index is 11.6. The molecule has 1 heterocycles. The minimum atomic E-state index is -1.05. The molecule has 0 aliphatic heterocycles. The molecule has 1 aromatic heterocycles. The number of carbonyl (C=O) groups is 2. The van der Waals surface area contributed by atoms with Gasteiger partial charge in [-0.05, 0) is 13.3 Å². The normalized spacial score (nSPS) is 12.1. The van der Waals surface area contributed by atoms with Crippen molar-refractivity contribution >= 4 is 11.9 Å². The highest BCUT2D eigenvalue weighted by atomic mass is 16.4. The van der Waals surface area contributed by atoms with E-state index >= 15 is 0 Å². The van der Waals surface area contributed by atoms with E-state index in [1.54, 1.807) is 6.92 Å². The molecule has 0 bridgehead atoms. The molecule has 1 atom stereocenters. The van der Waals surface area contributed by atoms with E-state index < -0.39 is 12.0 Å². The van der Waals surface area contributed by atoms with Gasteiger partial charge in [-0.1, -0.05) is 6.92 Å². The number of aromatic nitrogens is 2. The molecule has 0 radical (unpaired) electrons. The summed E-state index contributed by atoms with van der Waals surface area (Å²) in [5.41, 5.74) is 0.0788. The lowest BCUT2D eigenvalue weighted by atomic mass is 10.3. The van der Waals surface area contributed by atoms with Crippen molar-refractivity contribution in [2.75, 3.05) is 6.54 Å². The van der Waals surface area contributed by atoms with Crippen LogP contribution < -0.4 is 5.32 Å². The van der Waals surface area contributed by atoms with Crippen LogP contribution in [0, 0.1) is 0 Å². The fourth-order valence-corrected chi connectivity index (χ4v) is 1.18. The Morgan fingerprint density at radius 1 is 1.62 bits per heavy atom. The fraction of sp³-hybridized carbons (Fsp3) is 0.500. The largest absolute Gasteiger partial charge is 0.478 e. The summed E-state index contributed by atoms with van der Waals surface area (Å²) in [5.74, 6) is -1.21. The van der Waals surface area contributed by atoms with E-state index in [4.69, 9.17) is 5.11 Å². The second-order valence-electron chi connectivity index (χ2n) is 3.48. The predicted molar refractivity (Wildman–Crippen MR) is 57.2 cm³/mol. The van der Waals surface area contributed by atoms with Crippen LogP contribution in [-0.2, 0) is 4.79 Å². The molecule has 1 unspecified atom stereocenters. The molecule has 88 valence electrons. The average molecular weight is 225 g/mol. The Bertz CT molecular complexity index is 386. The third-order valence-corrected chi connectivity index (χ3v) is 2.17. The minimum Gasteiger partial charge on any atom is -0.478 e. The van der Waals surface area contributed by atoms with Gasteiger partial charge in [-0.3, -0.25) is 9.48 Å². The van der Waals surface area contributed by atoms with Crippen molar-refractivity contribution in [2.24, 2.45) is 0 Å². The Morgan fingerprint density at radius 3 is 2.81 bits per heavy atom. The Hall–Kier alpha value is -1.85. The van der Waals surface area contributed by atoms with Gasteiger partial charge in [0.1, 0.15) is 6.04 Å². The SMILES string of the molecule is CCCNC(=O)C(C)n1cc(C(=O)O)cn1. The molecule has 0 saturated heterocycles. The molecule has 6 nitrogen and oxygen atoms in total. The van der Waals surface area contributed by atoms with Gasteiger partial charge in [-0.25, -0.2) is 4.79 Å². The lowest BCUT2D eigenvalue weighted by Gasteiger charge is -2.11. The molecule has 1 aromatic rings. The van der Waals surface area contributed by atoms with Crippen molar-refractivity contribution < 1.29 is 14.7 Å². The third-order valence-electron chi connectivity index (χ3n) is 2.17. The topological polar surface area (TPSA) is 84.2 Å². The first-order valence-corrected chi connectivity index (χ1v) is 5.11. The number of nitrogens with one attached hydrogen (secondary N) is 1. The molecule has 1 rings (SSSR count). The molecule has 6 heteroatoms. The van der Waals surface area contributed by atoms with Gasteiger partial charge in [0.2, 0.25) is 5.91 Å². The van der Waals surface area contributed by atoms with Crippen molar-refractivity contribution in [3.63, 3.8) is 0 Å². The molecular formula is C10H15N3O3. The molecule has 0 saturated carbocycles. The fourth-order valence-electron chi connectivity index (χ4n) is 1.18. The standard InChI is InChI=1S/C10H15N3O3/c1-3-4-11-9(14)7(2)13-6-8(5-12-13)10(15)16/h5-7H,3-4H2,1-2H3,(H,11,14)(H,15,16). The van der Waals surface area contributed by atoms with Crippen LogP contribution in [0.3, 0.4) is 0 Å². The molecule has 1 amide bonds. The van der Waals surface area contributed by atoms with E-state index in [9.17, 15) is 9.59 Å². The zero-order valence-corrected chi connectivity index (χ0v) is 9.30. The Morgan fingerprint density at radius 2 is 2.31 bits per heavy atom. The maximum atomic E-state index is 11.6. The van der Waals surface area contributed by atoms with Crippen LogP contribution in [-0.4, -0.2) is 33.3 Å². The average Bonchev–Trinajstić information content (AvgIpc) is 2.74. The Labute approximate surface area is 93.3 Å². The van der Waals surface area contributed by atoms with Crippen molar-refractivity contribution in [3.8, 4) is 0 Å². The molecule has 0 aromatic carbocycles. The number of carboxylic acids is 1. The Kier molecular flexibility index (Phi) is 4.04. The van der Waals surface area contributed by atoms with Gasteiger partial charge in [-0.15, -0.1) is 0 Å². The van der Waals surface area contributed by atoms with Crippen LogP contribution in [0.5, 0.6) is 0 Å². The first-order valence-electron chi connectivity index (χ1n) is 5.11. The second kappa shape index (κ2) is 5.29. The van der Waals surface area contributed by atoms with E-state index in [0.29, 0.717) is 6.54 Å². The van der Waals surface area contributed by atoms with Crippen LogP contribution in [0.2, 0.25) is 0 Å². The number of carbonyl (C=O) groups excluding carboxylic acids is 1. The number of hydrogen-bond donors (Lipinski definition) is 2. The lowest BCUT2D eigenvalue weighted by Crippen LogP contribution is -2.31. The molecule has 0 aliphatic carbocycles. The van der Waals surface area contributed by atoms with Crippen LogP contribution in [0.25, 0.3) is 0 Å². The maximum Gasteiger partial charge on any atom is 0.338 e. The highest BCUT2D eigenvalue weighted by molar-refractivity contribution is 5.87. The summed E-state index contributed by atoms with van der Waals surface area (Å²) in [5, 5.41) is 15.3. The zero-order valence-electron chi connectivity index (χ0n) is 9.30. The van der Waals surface area contributed by atoms with Crippen LogP contribution in [0.15, 0.2) is 12.4 Å². The second-order valence-corrected chi connectivity index (χ2v) is 3.48. The summed E-state index contributed by atoms with van der Waals surface area (Å²) in [7, 11) is 0. The third kappa shape index (κ3) is 2.82. The van der Waals surface area contributed by atoms with Gasteiger partial charge in [0.15, 0.2) is 0 Å². The number of carboxylic acid groups (broad SMARTS) is 1. The number of amides is 1. The van der Waals surface area contributed by atoms with Crippen LogP contribution >= 0.6 is 0 Å². The van der Waals surface area contributed by atoms with E-state index in [-0.39, 0.29) is 11.5 Å². The van der Waals surface area contributed by atoms with Crippen molar-refractivity contribution in [1.29, 1.82) is 0 Å². The molecule has 0 spiro atoms.